The van der Waals surface area contributed by atoms with Crippen molar-refractivity contribution in [2.45, 2.75) is 11.4 Å². The Morgan fingerprint density at radius 3 is 2.92 bits per heavy atom. The number of hydrogen-bond donors (Lipinski definition) is 3. The molecule has 0 radical (unpaired) electrons. The van der Waals surface area contributed by atoms with Crippen molar-refractivity contribution in [3.8, 4) is 0 Å². The number of aliphatic carboxylic acids is 1. The van der Waals surface area contributed by atoms with Crippen LogP contribution in [0.4, 0.5) is 5.13 Å². The highest BCUT2D eigenvalue weighted by atomic mass is 32.2. The van der Waals surface area contributed by atoms with Crippen LogP contribution in [0.5, 0.6) is 0 Å². The summed E-state index contributed by atoms with van der Waals surface area (Å²) in [5.74, 6) is -2.29. The van der Waals surface area contributed by atoms with Crippen LogP contribution in [0.1, 0.15) is 11.7 Å². The number of nitroso groups, excluding NO2 is 1. The number of carboxylic acid groups (broad SMARTS) is 1. The van der Waals surface area contributed by atoms with Crippen molar-refractivity contribution in [3.63, 3.8) is 0 Å². The van der Waals surface area contributed by atoms with Gasteiger partial charge in [-0.3, -0.25) is 14.5 Å². The summed E-state index contributed by atoms with van der Waals surface area (Å²) in [6.45, 7) is 0. The van der Waals surface area contributed by atoms with Gasteiger partial charge in [-0.15, -0.1) is 28.0 Å². The topological polar surface area (TPSA) is 155 Å². The number of thiazole rings is 1. The van der Waals surface area contributed by atoms with Gasteiger partial charge in [-0.25, -0.2) is 9.78 Å². The molecule has 0 spiro atoms. The Kier molecular flexibility index (Phi) is 5.04. The second-order valence-corrected chi connectivity index (χ2v) is 7.38. The first kappa shape index (κ1) is 18.1. The number of amides is 2. The maximum atomic E-state index is 12.2. The van der Waals surface area contributed by atoms with Crippen LogP contribution in [0.25, 0.3) is 0 Å². The van der Waals surface area contributed by atoms with E-state index in [1.807, 2.05) is 0 Å². The average Bonchev–Trinajstić information content (AvgIpc) is 3.04. The van der Waals surface area contributed by atoms with Crippen molar-refractivity contribution >= 4 is 46.0 Å². The molecule has 136 valence electrons. The molecule has 2 aliphatic rings. The number of carbonyl (C=O) groups is 3. The van der Waals surface area contributed by atoms with Gasteiger partial charge in [0.15, 0.2) is 5.13 Å². The highest BCUT2D eigenvalue weighted by Gasteiger charge is 2.50. The number of nitrogens with two attached hydrogens (primary N) is 1. The molecule has 1 aromatic rings. The molecule has 0 bridgehead atoms. The number of fused-ring (bicyclic) bond motifs is 1. The summed E-state index contributed by atoms with van der Waals surface area (Å²) in [4.78, 5) is 51.4. The zero-order valence-electron chi connectivity index (χ0n) is 13.1. The van der Waals surface area contributed by atoms with Crippen LogP contribution in [0.15, 0.2) is 34.6 Å². The maximum absolute atomic E-state index is 12.2. The van der Waals surface area contributed by atoms with Crippen molar-refractivity contribution in [1.82, 2.24) is 15.2 Å². The highest BCUT2D eigenvalue weighted by molar-refractivity contribution is 8.00. The van der Waals surface area contributed by atoms with Crippen LogP contribution in [-0.2, 0) is 14.4 Å². The number of hydrogen-bond acceptors (Lipinski definition) is 9. The van der Waals surface area contributed by atoms with Crippen LogP contribution in [-0.4, -0.2) is 43.9 Å². The van der Waals surface area contributed by atoms with E-state index in [0.717, 1.165) is 11.3 Å². The van der Waals surface area contributed by atoms with E-state index in [2.05, 4.69) is 15.5 Å². The van der Waals surface area contributed by atoms with Crippen LogP contribution >= 0.6 is 23.1 Å². The number of thioether (sulfide) groups is 1. The first-order valence-corrected chi connectivity index (χ1v) is 9.25. The van der Waals surface area contributed by atoms with Gasteiger partial charge in [0, 0.05) is 17.3 Å². The largest absolute Gasteiger partial charge is 0.477 e. The normalized spacial score (nSPS) is 23.0. The second kappa shape index (κ2) is 7.25. The molecule has 12 heteroatoms. The van der Waals surface area contributed by atoms with E-state index < -0.39 is 23.8 Å². The van der Waals surface area contributed by atoms with Crippen molar-refractivity contribution in [2.24, 2.45) is 11.1 Å². The predicted octanol–water partition coefficient (Wildman–Crippen LogP) is 0.663. The third kappa shape index (κ3) is 3.20. The summed E-state index contributed by atoms with van der Waals surface area (Å²) >= 11 is 2.51. The fraction of sp³-hybridized carbons (Fsp3) is 0.286. The SMILES string of the molecule is Nc1nc(C(N=O)C(=O)NC=C[C@@H]2C(=O)N3C(C(=O)O)=CCS[C@H]23)cs1. The van der Waals surface area contributed by atoms with E-state index in [1.165, 1.54) is 40.4 Å². The van der Waals surface area contributed by atoms with E-state index in [1.54, 1.807) is 0 Å². The summed E-state index contributed by atoms with van der Waals surface area (Å²) in [6.07, 6.45) is 4.22. The lowest BCUT2D eigenvalue weighted by Gasteiger charge is -2.47. The van der Waals surface area contributed by atoms with E-state index in [-0.39, 0.29) is 27.8 Å². The monoisotopic (exact) mass is 395 g/mol. The Morgan fingerprint density at radius 2 is 2.31 bits per heavy atom. The molecule has 3 atom stereocenters. The number of rotatable bonds is 6. The summed E-state index contributed by atoms with van der Waals surface area (Å²) in [5.41, 5.74) is 5.60. The second-order valence-electron chi connectivity index (χ2n) is 5.34. The molecule has 0 aliphatic carbocycles. The third-order valence-electron chi connectivity index (χ3n) is 3.81. The first-order chi connectivity index (χ1) is 12.4. The number of anilines is 1. The van der Waals surface area contributed by atoms with Crippen molar-refractivity contribution in [3.05, 3.63) is 40.0 Å². The molecule has 1 unspecified atom stereocenters. The van der Waals surface area contributed by atoms with Gasteiger partial charge in [0.25, 0.3) is 5.91 Å². The summed E-state index contributed by atoms with van der Waals surface area (Å²) < 4.78 is 0. The summed E-state index contributed by atoms with van der Waals surface area (Å²) in [5, 5.41) is 15.6. The molecular formula is C14H13N5O5S2. The van der Waals surface area contributed by atoms with Gasteiger partial charge in [-0.1, -0.05) is 6.08 Å². The number of carbonyl (C=O) groups excluding carboxylic acids is 2. The molecule has 0 aromatic carbocycles. The minimum atomic E-state index is -1.34. The van der Waals surface area contributed by atoms with E-state index in [0.29, 0.717) is 5.75 Å². The Balaban J connectivity index is 1.62. The molecule has 2 aliphatic heterocycles. The standard InChI is InChI=1S/C14H13N5O5S2/c15-14-17-7(5-26-14)9(18-24)10(20)16-3-1-6-11(21)19-8(13(22)23)2-4-25-12(6)19/h1-3,5-6,9,12H,4H2,(H2,15,17)(H,16,20)(H,22,23)/t6-,9?,12-/m1/s1. The van der Waals surface area contributed by atoms with E-state index in [4.69, 9.17) is 10.8 Å². The van der Waals surface area contributed by atoms with Gasteiger partial charge in [-0.05, 0) is 11.3 Å². The van der Waals surface area contributed by atoms with Gasteiger partial charge in [0.2, 0.25) is 11.9 Å². The molecule has 26 heavy (non-hydrogen) atoms. The third-order valence-corrected chi connectivity index (χ3v) is 5.71. The maximum Gasteiger partial charge on any atom is 0.352 e. The molecule has 1 aromatic heterocycles. The Bertz CT molecular complexity index is 835. The van der Waals surface area contributed by atoms with Crippen LogP contribution in [0.3, 0.4) is 0 Å². The highest BCUT2D eigenvalue weighted by Crippen LogP contribution is 2.41. The number of carboxylic acids is 1. The molecule has 2 amide bonds. The minimum absolute atomic E-state index is 0.0289. The van der Waals surface area contributed by atoms with Gasteiger partial charge in [-0.2, -0.15) is 0 Å². The van der Waals surface area contributed by atoms with Crippen molar-refractivity contribution in [2.75, 3.05) is 11.5 Å². The molecule has 3 rings (SSSR count). The fourth-order valence-corrected chi connectivity index (χ4v) is 4.40. The molecule has 0 saturated carbocycles. The quantitative estimate of drug-likeness (QED) is 0.469. The predicted molar refractivity (Wildman–Crippen MR) is 94.6 cm³/mol. The van der Waals surface area contributed by atoms with Gasteiger partial charge >= 0.3 is 5.97 Å². The van der Waals surface area contributed by atoms with Crippen LogP contribution in [0.2, 0.25) is 0 Å². The number of β-lactam (4-membered cyclic amide) rings is 1. The van der Waals surface area contributed by atoms with E-state index >= 15 is 0 Å². The zero-order valence-corrected chi connectivity index (χ0v) is 14.7. The van der Waals surface area contributed by atoms with Gasteiger partial charge in [0.1, 0.15) is 5.70 Å². The molecule has 3 heterocycles. The lowest BCUT2D eigenvalue weighted by atomic mass is 9.96. The number of aromatic nitrogens is 1. The minimum Gasteiger partial charge on any atom is -0.477 e. The van der Waals surface area contributed by atoms with E-state index in [9.17, 15) is 19.3 Å². The van der Waals surface area contributed by atoms with Crippen LogP contribution < -0.4 is 11.1 Å². The summed E-state index contributed by atoms with van der Waals surface area (Å²) in [7, 11) is 0. The first-order valence-electron chi connectivity index (χ1n) is 7.32. The smallest absolute Gasteiger partial charge is 0.352 e. The van der Waals surface area contributed by atoms with Crippen LogP contribution in [0, 0.1) is 10.8 Å². The average molecular weight is 395 g/mol. The fourth-order valence-electron chi connectivity index (χ4n) is 2.59. The van der Waals surface area contributed by atoms with Crippen molar-refractivity contribution in [1.29, 1.82) is 0 Å². The molecule has 4 N–H and O–H groups in total. The molecular weight excluding hydrogens is 382 g/mol. The Labute approximate surface area is 155 Å². The number of nitrogens with one attached hydrogen (secondary N) is 1. The Morgan fingerprint density at radius 1 is 1.54 bits per heavy atom. The van der Waals surface area contributed by atoms with Gasteiger partial charge in [0.05, 0.1) is 17.0 Å². The zero-order chi connectivity index (χ0) is 18.8. The summed E-state index contributed by atoms with van der Waals surface area (Å²) in [6, 6.07) is -1.34. The molecule has 1 fully saturated rings. The van der Waals surface area contributed by atoms with Gasteiger partial charge < -0.3 is 16.2 Å². The number of nitrogen functional groups attached to an aromatic ring is 1. The molecule has 1 saturated heterocycles. The Hall–Kier alpha value is -2.73. The number of nitrogens with zero attached hydrogens (tertiary/aromatic N) is 3. The lowest BCUT2D eigenvalue weighted by molar-refractivity contribution is -0.149. The molecule has 10 nitrogen and oxygen atoms in total. The van der Waals surface area contributed by atoms with Crippen molar-refractivity contribution < 1.29 is 19.5 Å². The lowest BCUT2D eigenvalue weighted by Crippen LogP contribution is -2.60.